The van der Waals surface area contributed by atoms with Crippen LogP contribution in [-0.2, 0) is 4.79 Å². The van der Waals surface area contributed by atoms with Crippen molar-refractivity contribution in [3.8, 4) is 0 Å². The van der Waals surface area contributed by atoms with Crippen molar-refractivity contribution in [3.63, 3.8) is 0 Å². The van der Waals surface area contributed by atoms with E-state index in [9.17, 15) is 4.79 Å². The maximum atomic E-state index is 10.8. The van der Waals surface area contributed by atoms with Gasteiger partial charge in [0.15, 0.2) is 0 Å². The van der Waals surface area contributed by atoms with Crippen molar-refractivity contribution >= 4 is 58.0 Å². The Morgan fingerprint density at radius 1 is 1.14 bits per heavy atom. The van der Waals surface area contributed by atoms with Crippen LogP contribution in [0.1, 0.15) is 6.92 Å². The van der Waals surface area contributed by atoms with Gasteiger partial charge in [0, 0.05) is 6.92 Å². The van der Waals surface area contributed by atoms with Gasteiger partial charge in [-0.25, -0.2) is 0 Å². The molecule has 1 rings (SSSR count). The molecular weight excluding hydrogens is 268 g/mol. The molecule has 0 atom stereocenters. The molecule has 14 heavy (non-hydrogen) atoms. The highest BCUT2D eigenvalue weighted by atomic mass is 35.5. The zero-order valence-corrected chi connectivity index (χ0v) is 10.0. The van der Waals surface area contributed by atoms with E-state index in [0.717, 1.165) is 0 Å². The van der Waals surface area contributed by atoms with Gasteiger partial charge in [-0.05, 0) is 6.07 Å². The molecule has 76 valence electrons. The van der Waals surface area contributed by atoms with Crippen LogP contribution in [0.25, 0.3) is 0 Å². The van der Waals surface area contributed by atoms with E-state index in [1.807, 2.05) is 0 Å². The number of carbonyl (C=O) groups excluding carboxylic acids is 1. The van der Waals surface area contributed by atoms with Gasteiger partial charge in [0.1, 0.15) is 0 Å². The molecule has 6 heteroatoms. The Bertz CT molecular complexity index is 365. The molecule has 2 nitrogen and oxygen atoms in total. The third kappa shape index (κ3) is 2.45. The Labute approximate surface area is 101 Å². The summed E-state index contributed by atoms with van der Waals surface area (Å²) in [6, 6.07) is 1.42. The first-order chi connectivity index (χ1) is 6.43. The van der Waals surface area contributed by atoms with Crippen molar-refractivity contribution < 1.29 is 4.79 Å². The topological polar surface area (TPSA) is 29.1 Å². The third-order valence-electron chi connectivity index (χ3n) is 1.41. The number of hydrogen-bond acceptors (Lipinski definition) is 1. The normalized spacial score (nSPS) is 10.1. The number of amides is 1. The minimum Gasteiger partial charge on any atom is -0.324 e. The van der Waals surface area contributed by atoms with Gasteiger partial charge in [-0.2, -0.15) is 0 Å². The summed E-state index contributed by atoms with van der Waals surface area (Å²) in [7, 11) is 0. The maximum absolute atomic E-state index is 10.8. The van der Waals surface area contributed by atoms with Gasteiger partial charge in [-0.3, -0.25) is 4.79 Å². The minimum atomic E-state index is -0.299. The van der Waals surface area contributed by atoms with Crippen molar-refractivity contribution in [2.75, 3.05) is 5.32 Å². The van der Waals surface area contributed by atoms with Gasteiger partial charge < -0.3 is 5.32 Å². The number of carbonyl (C=O) groups is 1. The highest BCUT2D eigenvalue weighted by molar-refractivity contribution is 6.50. The molecule has 1 aromatic carbocycles. The van der Waals surface area contributed by atoms with Crippen molar-refractivity contribution in [1.29, 1.82) is 0 Å². The summed E-state index contributed by atoms with van der Waals surface area (Å²) in [5, 5.41) is 3.29. The first-order valence-corrected chi connectivity index (χ1v) is 5.05. The number of nitrogens with one attached hydrogen (secondary N) is 1. The SMILES string of the molecule is CC(=O)Nc1c(Cl)c(Cl)cc(Cl)c1Cl. The molecule has 0 saturated carbocycles. The summed E-state index contributed by atoms with van der Waals surface area (Å²) in [5.41, 5.74) is 0.235. The fourth-order valence-corrected chi connectivity index (χ4v) is 1.76. The second kappa shape index (κ2) is 4.58. The minimum absolute atomic E-state index is 0.177. The van der Waals surface area contributed by atoms with Crippen LogP contribution in [0, 0.1) is 0 Å². The van der Waals surface area contributed by atoms with E-state index in [-0.39, 0.29) is 31.7 Å². The summed E-state index contributed by atoms with van der Waals surface area (Å²) in [6.07, 6.45) is 0. The standard InChI is InChI=1S/C8H5Cl4NO/c1-3(14)13-8-6(11)4(9)2-5(10)7(8)12/h2H,1H3,(H,13,14). The Morgan fingerprint density at radius 2 is 1.57 bits per heavy atom. The van der Waals surface area contributed by atoms with Crippen LogP contribution in [0.4, 0.5) is 5.69 Å². The van der Waals surface area contributed by atoms with E-state index in [1.54, 1.807) is 0 Å². The Morgan fingerprint density at radius 3 is 1.93 bits per heavy atom. The van der Waals surface area contributed by atoms with Gasteiger partial charge in [0.2, 0.25) is 5.91 Å². The van der Waals surface area contributed by atoms with Gasteiger partial charge in [0.25, 0.3) is 0 Å². The average molecular weight is 273 g/mol. The molecule has 0 saturated heterocycles. The monoisotopic (exact) mass is 271 g/mol. The second-order valence-corrected chi connectivity index (χ2v) is 4.09. The fraction of sp³-hybridized carbons (Fsp3) is 0.125. The Kier molecular flexibility index (Phi) is 3.90. The predicted molar refractivity (Wildman–Crippen MR) is 60.8 cm³/mol. The highest BCUT2D eigenvalue weighted by Crippen LogP contribution is 2.40. The van der Waals surface area contributed by atoms with E-state index >= 15 is 0 Å². The van der Waals surface area contributed by atoms with E-state index in [4.69, 9.17) is 46.4 Å². The first-order valence-electron chi connectivity index (χ1n) is 3.54. The third-order valence-corrected chi connectivity index (χ3v) is 2.99. The number of halogens is 4. The second-order valence-electron chi connectivity index (χ2n) is 2.52. The van der Waals surface area contributed by atoms with E-state index in [2.05, 4.69) is 5.32 Å². The van der Waals surface area contributed by atoms with Crippen LogP contribution < -0.4 is 5.32 Å². The largest absolute Gasteiger partial charge is 0.324 e. The lowest BCUT2D eigenvalue weighted by Gasteiger charge is -2.09. The van der Waals surface area contributed by atoms with Crippen molar-refractivity contribution in [2.24, 2.45) is 0 Å². The molecule has 0 aliphatic carbocycles. The lowest BCUT2D eigenvalue weighted by molar-refractivity contribution is -0.114. The molecule has 0 bridgehead atoms. The molecule has 0 unspecified atom stereocenters. The van der Waals surface area contributed by atoms with E-state index in [0.29, 0.717) is 0 Å². The zero-order valence-electron chi connectivity index (χ0n) is 7.00. The van der Waals surface area contributed by atoms with Gasteiger partial charge in [0.05, 0.1) is 25.8 Å². The van der Waals surface area contributed by atoms with E-state index in [1.165, 1.54) is 13.0 Å². The lowest BCUT2D eigenvalue weighted by atomic mass is 10.3. The van der Waals surface area contributed by atoms with Gasteiger partial charge >= 0.3 is 0 Å². The predicted octanol–water partition coefficient (Wildman–Crippen LogP) is 4.26. The van der Waals surface area contributed by atoms with Crippen LogP contribution in [0.15, 0.2) is 6.07 Å². The average Bonchev–Trinajstić information content (AvgIpc) is 2.09. The molecule has 1 amide bonds. The molecular formula is C8H5Cl4NO. The number of benzene rings is 1. The van der Waals surface area contributed by atoms with Gasteiger partial charge in [-0.1, -0.05) is 46.4 Å². The number of hydrogen-bond donors (Lipinski definition) is 1. The van der Waals surface area contributed by atoms with Crippen LogP contribution in [0.3, 0.4) is 0 Å². The van der Waals surface area contributed by atoms with Crippen molar-refractivity contribution in [3.05, 3.63) is 26.2 Å². The number of anilines is 1. The van der Waals surface area contributed by atoms with E-state index < -0.39 is 0 Å². The Hall–Kier alpha value is -0.150. The summed E-state index contributed by atoms with van der Waals surface area (Å²) < 4.78 is 0. The lowest BCUT2D eigenvalue weighted by Crippen LogP contribution is -2.07. The zero-order chi connectivity index (χ0) is 10.9. The Balaban J connectivity index is 3.31. The quantitative estimate of drug-likeness (QED) is 0.761. The highest BCUT2D eigenvalue weighted by Gasteiger charge is 2.14. The summed E-state index contributed by atoms with van der Waals surface area (Å²) in [4.78, 5) is 10.8. The van der Waals surface area contributed by atoms with Crippen LogP contribution in [0.5, 0.6) is 0 Å². The van der Waals surface area contributed by atoms with Crippen molar-refractivity contribution in [2.45, 2.75) is 6.92 Å². The molecule has 0 aromatic heterocycles. The molecule has 1 aromatic rings. The molecule has 0 radical (unpaired) electrons. The summed E-state index contributed by atoms with van der Waals surface area (Å²) >= 11 is 23.1. The smallest absolute Gasteiger partial charge is 0.221 e. The van der Waals surface area contributed by atoms with Gasteiger partial charge in [-0.15, -0.1) is 0 Å². The molecule has 0 aliphatic rings. The fourth-order valence-electron chi connectivity index (χ4n) is 0.859. The molecule has 0 aliphatic heterocycles. The molecule has 0 heterocycles. The summed E-state index contributed by atoms with van der Waals surface area (Å²) in [5.74, 6) is -0.299. The molecule has 0 spiro atoms. The molecule has 0 fully saturated rings. The van der Waals surface area contributed by atoms with Crippen LogP contribution in [-0.4, -0.2) is 5.91 Å². The maximum Gasteiger partial charge on any atom is 0.221 e. The van der Waals surface area contributed by atoms with Crippen LogP contribution in [0.2, 0.25) is 20.1 Å². The van der Waals surface area contributed by atoms with Crippen LogP contribution >= 0.6 is 46.4 Å². The van der Waals surface area contributed by atoms with Crippen molar-refractivity contribution in [1.82, 2.24) is 0 Å². The summed E-state index contributed by atoms with van der Waals surface area (Å²) in [6.45, 7) is 1.33. The molecule has 1 N–H and O–H groups in total. The first kappa shape index (κ1) is 11.9. The number of rotatable bonds is 1.